The Bertz CT molecular complexity index is 564. The fraction of sp³-hybridized carbons (Fsp3) is 0.125. The molecule has 3 heteroatoms. The van der Waals surface area contributed by atoms with Gasteiger partial charge in [0.15, 0.2) is 5.78 Å². The van der Waals surface area contributed by atoms with E-state index in [2.05, 4.69) is 5.32 Å². The van der Waals surface area contributed by atoms with Crippen LogP contribution in [0.5, 0.6) is 0 Å². The molecule has 2 aromatic carbocycles. The van der Waals surface area contributed by atoms with Crippen molar-refractivity contribution >= 4 is 11.7 Å². The van der Waals surface area contributed by atoms with Gasteiger partial charge in [-0.15, -0.1) is 0 Å². The SMILES string of the molecule is CC(=O)N[C@H](C(=O)c1ccccc1)c1ccccc1. The van der Waals surface area contributed by atoms with Crippen molar-refractivity contribution in [1.29, 1.82) is 0 Å². The van der Waals surface area contributed by atoms with Crippen molar-refractivity contribution in [2.75, 3.05) is 0 Å². The first kappa shape index (κ1) is 13.0. The van der Waals surface area contributed by atoms with Crippen molar-refractivity contribution in [2.45, 2.75) is 13.0 Å². The van der Waals surface area contributed by atoms with Crippen LogP contribution < -0.4 is 5.32 Å². The molecule has 0 radical (unpaired) electrons. The zero-order valence-electron chi connectivity index (χ0n) is 10.7. The second-order valence-corrected chi connectivity index (χ2v) is 4.27. The van der Waals surface area contributed by atoms with Gasteiger partial charge in [0.25, 0.3) is 0 Å². The van der Waals surface area contributed by atoms with Gasteiger partial charge in [0.05, 0.1) is 0 Å². The number of ketones is 1. The minimum absolute atomic E-state index is 0.109. The molecule has 1 N–H and O–H groups in total. The van der Waals surface area contributed by atoms with Crippen LogP contribution in [0.1, 0.15) is 28.9 Å². The number of Topliss-reactive ketones (excluding diaryl/α,β-unsaturated/α-hetero) is 1. The number of carbonyl (C=O) groups is 2. The molecule has 0 aliphatic rings. The van der Waals surface area contributed by atoms with Gasteiger partial charge in [-0.25, -0.2) is 0 Å². The third-order valence-corrected chi connectivity index (χ3v) is 2.80. The second kappa shape index (κ2) is 5.96. The molecule has 1 amide bonds. The van der Waals surface area contributed by atoms with Crippen LogP contribution in [-0.4, -0.2) is 11.7 Å². The number of amides is 1. The van der Waals surface area contributed by atoms with Gasteiger partial charge in [0.2, 0.25) is 5.91 Å². The normalized spacial score (nSPS) is 11.6. The molecule has 0 aliphatic heterocycles. The van der Waals surface area contributed by atoms with E-state index in [-0.39, 0.29) is 11.7 Å². The highest BCUT2D eigenvalue weighted by atomic mass is 16.2. The Balaban J connectivity index is 2.33. The highest BCUT2D eigenvalue weighted by molar-refractivity contribution is 6.02. The lowest BCUT2D eigenvalue weighted by Crippen LogP contribution is -2.32. The van der Waals surface area contributed by atoms with E-state index in [1.807, 2.05) is 48.5 Å². The quantitative estimate of drug-likeness (QED) is 0.852. The Morgan fingerprint density at radius 3 is 1.95 bits per heavy atom. The van der Waals surface area contributed by atoms with Crippen LogP contribution in [0.25, 0.3) is 0 Å². The van der Waals surface area contributed by atoms with E-state index < -0.39 is 6.04 Å². The molecule has 0 fully saturated rings. The Morgan fingerprint density at radius 2 is 1.42 bits per heavy atom. The van der Waals surface area contributed by atoms with E-state index in [1.54, 1.807) is 12.1 Å². The lowest BCUT2D eigenvalue weighted by atomic mass is 9.97. The van der Waals surface area contributed by atoms with Gasteiger partial charge in [-0.3, -0.25) is 9.59 Å². The van der Waals surface area contributed by atoms with Crippen molar-refractivity contribution in [2.24, 2.45) is 0 Å². The first-order chi connectivity index (χ1) is 9.18. The molecule has 1 atom stereocenters. The summed E-state index contributed by atoms with van der Waals surface area (Å²) in [4.78, 5) is 23.8. The predicted octanol–water partition coefficient (Wildman–Crippen LogP) is 2.75. The summed E-state index contributed by atoms with van der Waals surface area (Å²) in [6.45, 7) is 1.41. The number of hydrogen-bond acceptors (Lipinski definition) is 2. The van der Waals surface area contributed by atoms with Crippen molar-refractivity contribution in [3.63, 3.8) is 0 Å². The zero-order valence-corrected chi connectivity index (χ0v) is 10.7. The van der Waals surface area contributed by atoms with E-state index in [4.69, 9.17) is 0 Å². The average Bonchev–Trinajstić information content (AvgIpc) is 2.46. The first-order valence-electron chi connectivity index (χ1n) is 6.10. The Labute approximate surface area is 112 Å². The number of carbonyl (C=O) groups excluding carboxylic acids is 2. The van der Waals surface area contributed by atoms with Crippen LogP contribution in [-0.2, 0) is 4.79 Å². The van der Waals surface area contributed by atoms with E-state index >= 15 is 0 Å². The van der Waals surface area contributed by atoms with Gasteiger partial charge >= 0.3 is 0 Å². The minimum atomic E-state index is -0.638. The van der Waals surface area contributed by atoms with Gasteiger partial charge in [-0.2, -0.15) is 0 Å². The number of rotatable bonds is 4. The van der Waals surface area contributed by atoms with E-state index in [0.717, 1.165) is 5.56 Å². The molecule has 3 nitrogen and oxygen atoms in total. The lowest BCUT2D eigenvalue weighted by Gasteiger charge is -2.17. The van der Waals surface area contributed by atoms with E-state index in [1.165, 1.54) is 6.92 Å². The van der Waals surface area contributed by atoms with Crippen LogP contribution in [0.2, 0.25) is 0 Å². The maximum atomic E-state index is 12.5. The Hall–Kier alpha value is -2.42. The van der Waals surface area contributed by atoms with Crippen LogP contribution in [0.3, 0.4) is 0 Å². The zero-order chi connectivity index (χ0) is 13.7. The summed E-state index contributed by atoms with van der Waals surface area (Å²) < 4.78 is 0. The molecule has 0 unspecified atom stereocenters. The summed E-state index contributed by atoms with van der Waals surface area (Å²) >= 11 is 0. The van der Waals surface area contributed by atoms with Crippen molar-refractivity contribution in [3.05, 3.63) is 71.8 Å². The predicted molar refractivity (Wildman–Crippen MR) is 73.8 cm³/mol. The molecule has 19 heavy (non-hydrogen) atoms. The van der Waals surface area contributed by atoms with Crippen LogP contribution in [0, 0.1) is 0 Å². The molecule has 0 bridgehead atoms. The molecular weight excluding hydrogens is 238 g/mol. The molecule has 96 valence electrons. The highest BCUT2D eigenvalue weighted by Crippen LogP contribution is 2.18. The maximum absolute atomic E-state index is 12.5. The molecule has 0 saturated carbocycles. The maximum Gasteiger partial charge on any atom is 0.217 e. The number of benzene rings is 2. The van der Waals surface area contributed by atoms with Gasteiger partial charge < -0.3 is 5.32 Å². The van der Waals surface area contributed by atoms with Crippen molar-refractivity contribution in [3.8, 4) is 0 Å². The number of hydrogen-bond donors (Lipinski definition) is 1. The standard InChI is InChI=1S/C16H15NO2/c1-12(18)17-15(13-8-4-2-5-9-13)16(19)14-10-6-3-7-11-14/h2-11,15H,1H3,(H,17,18)/t15-/m0/s1. The summed E-state index contributed by atoms with van der Waals surface area (Å²) in [7, 11) is 0. The summed E-state index contributed by atoms with van der Waals surface area (Å²) in [5.74, 6) is -0.333. The largest absolute Gasteiger partial charge is 0.342 e. The Morgan fingerprint density at radius 1 is 0.895 bits per heavy atom. The minimum Gasteiger partial charge on any atom is -0.342 e. The Kier molecular flexibility index (Phi) is 4.08. The topological polar surface area (TPSA) is 46.2 Å². The molecule has 0 heterocycles. The fourth-order valence-corrected chi connectivity index (χ4v) is 1.92. The van der Waals surface area contributed by atoms with Crippen LogP contribution in [0.4, 0.5) is 0 Å². The van der Waals surface area contributed by atoms with Crippen LogP contribution in [0.15, 0.2) is 60.7 Å². The fourth-order valence-electron chi connectivity index (χ4n) is 1.92. The van der Waals surface area contributed by atoms with E-state index in [9.17, 15) is 9.59 Å². The molecule has 0 aromatic heterocycles. The summed E-state index contributed by atoms with van der Waals surface area (Å²) in [5, 5.41) is 2.71. The third kappa shape index (κ3) is 3.28. The molecule has 2 rings (SSSR count). The average molecular weight is 253 g/mol. The lowest BCUT2D eigenvalue weighted by molar-refractivity contribution is -0.119. The van der Waals surface area contributed by atoms with Gasteiger partial charge in [0, 0.05) is 12.5 Å². The molecule has 2 aromatic rings. The third-order valence-electron chi connectivity index (χ3n) is 2.80. The highest BCUT2D eigenvalue weighted by Gasteiger charge is 2.22. The molecule has 0 spiro atoms. The van der Waals surface area contributed by atoms with Gasteiger partial charge in [0.1, 0.15) is 6.04 Å². The van der Waals surface area contributed by atoms with Gasteiger partial charge in [-0.1, -0.05) is 60.7 Å². The monoisotopic (exact) mass is 253 g/mol. The summed E-state index contributed by atoms with van der Waals surface area (Å²) in [6.07, 6.45) is 0. The summed E-state index contributed by atoms with van der Waals surface area (Å²) in [6, 6.07) is 17.6. The van der Waals surface area contributed by atoms with Gasteiger partial charge in [-0.05, 0) is 5.56 Å². The van der Waals surface area contributed by atoms with Crippen LogP contribution >= 0.6 is 0 Å². The smallest absolute Gasteiger partial charge is 0.217 e. The van der Waals surface area contributed by atoms with Crippen molar-refractivity contribution < 1.29 is 9.59 Å². The molecular formula is C16H15NO2. The van der Waals surface area contributed by atoms with E-state index in [0.29, 0.717) is 5.56 Å². The summed E-state index contributed by atoms with van der Waals surface area (Å²) in [5.41, 5.74) is 1.37. The first-order valence-corrected chi connectivity index (χ1v) is 6.10. The molecule has 0 saturated heterocycles. The molecule has 0 aliphatic carbocycles. The second-order valence-electron chi connectivity index (χ2n) is 4.27. The van der Waals surface area contributed by atoms with Crippen molar-refractivity contribution in [1.82, 2.24) is 5.32 Å². The number of nitrogens with one attached hydrogen (secondary N) is 1.